The van der Waals surface area contributed by atoms with Crippen LogP contribution in [0.1, 0.15) is 22.3 Å². The van der Waals surface area contributed by atoms with Crippen LogP contribution in [0.3, 0.4) is 0 Å². The van der Waals surface area contributed by atoms with Gasteiger partial charge in [0.15, 0.2) is 0 Å². The van der Waals surface area contributed by atoms with Crippen LogP contribution in [0.4, 0.5) is 4.39 Å². The summed E-state index contributed by atoms with van der Waals surface area (Å²) in [6.07, 6.45) is 1.68. The Morgan fingerprint density at radius 1 is 1.35 bits per heavy atom. The highest BCUT2D eigenvalue weighted by atomic mass is 32.2. The van der Waals surface area contributed by atoms with E-state index >= 15 is 0 Å². The van der Waals surface area contributed by atoms with Gasteiger partial charge < -0.3 is 11.1 Å². The highest BCUT2D eigenvalue weighted by molar-refractivity contribution is 7.88. The lowest BCUT2D eigenvalue weighted by atomic mass is 10.1. The molecule has 1 aromatic carbocycles. The van der Waals surface area contributed by atoms with E-state index in [4.69, 9.17) is 5.73 Å². The average molecular weight is 303 g/mol. The number of hydrogen-bond acceptors (Lipinski definition) is 4. The van der Waals surface area contributed by atoms with E-state index in [1.165, 1.54) is 12.1 Å². The van der Waals surface area contributed by atoms with Crippen molar-refractivity contribution in [2.45, 2.75) is 13.0 Å². The molecule has 0 bridgehead atoms. The van der Waals surface area contributed by atoms with Crippen LogP contribution in [0.2, 0.25) is 0 Å². The quantitative estimate of drug-likeness (QED) is 0.586. The van der Waals surface area contributed by atoms with Crippen molar-refractivity contribution in [2.24, 2.45) is 5.73 Å². The zero-order valence-electron chi connectivity index (χ0n) is 11.1. The van der Waals surface area contributed by atoms with Gasteiger partial charge in [0.1, 0.15) is 5.82 Å². The second kappa shape index (κ2) is 7.32. The van der Waals surface area contributed by atoms with E-state index in [1.54, 1.807) is 0 Å². The monoisotopic (exact) mass is 303 g/mol. The lowest BCUT2D eigenvalue weighted by Gasteiger charge is -2.07. The van der Waals surface area contributed by atoms with Gasteiger partial charge in [0.25, 0.3) is 0 Å². The van der Waals surface area contributed by atoms with E-state index in [1.807, 2.05) is 0 Å². The minimum atomic E-state index is -3.16. The highest BCUT2D eigenvalue weighted by Crippen LogP contribution is 2.09. The van der Waals surface area contributed by atoms with Gasteiger partial charge in [-0.3, -0.25) is 4.79 Å². The number of nitrogens with two attached hydrogens (primary N) is 1. The molecule has 0 atom stereocenters. The fourth-order valence-electron chi connectivity index (χ4n) is 1.54. The van der Waals surface area contributed by atoms with Crippen molar-refractivity contribution >= 4 is 15.9 Å². The Labute approximate surface area is 117 Å². The summed E-state index contributed by atoms with van der Waals surface area (Å²) in [6, 6.07) is 4.06. The van der Waals surface area contributed by atoms with Gasteiger partial charge in [0.05, 0.1) is 6.26 Å². The van der Waals surface area contributed by atoms with Gasteiger partial charge in [-0.05, 0) is 25.1 Å². The van der Waals surface area contributed by atoms with E-state index in [0.29, 0.717) is 31.6 Å². The van der Waals surface area contributed by atoms with Gasteiger partial charge >= 0.3 is 0 Å². The second-order valence-electron chi connectivity index (χ2n) is 4.37. The van der Waals surface area contributed by atoms with Crippen LogP contribution in [-0.2, 0) is 16.6 Å². The van der Waals surface area contributed by atoms with Crippen molar-refractivity contribution < 1.29 is 17.6 Å². The maximum Gasteiger partial charge on any atom is 0.248 e. The zero-order valence-corrected chi connectivity index (χ0v) is 12.0. The molecular weight excluding hydrogens is 285 g/mol. The fraction of sp³-hybridized carbons (Fsp3) is 0.417. The normalized spacial score (nSPS) is 11.5. The van der Waals surface area contributed by atoms with Gasteiger partial charge in [-0.25, -0.2) is 17.5 Å². The Kier molecular flexibility index (Phi) is 6.05. The lowest BCUT2D eigenvalue weighted by Crippen LogP contribution is -2.26. The molecule has 1 amide bonds. The molecule has 0 fully saturated rings. The standard InChI is InChI=1S/C12H18FN3O3S/c1-20(18,19)16-6-2-5-15-8-10-4-3-9(12(14)17)7-11(10)13/h3-4,7,15-16H,2,5-6,8H2,1H3,(H2,14,17). The van der Waals surface area contributed by atoms with Crippen molar-refractivity contribution in [3.05, 3.63) is 35.1 Å². The van der Waals surface area contributed by atoms with Crippen LogP contribution >= 0.6 is 0 Å². The average Bonchev–Trinajstić information content (AvgIpc) is 2.33. The molecular formula is C12H18FN3O3S. The second-order valence-corrected chi connectivity index (χ2v) is 6.20. The molecule has 0 unspecified atom stereocenters. The van der Waals surface area contributed by atoms with Crippen molar-refractivity contribution in [1.29, 1.82) is 0 Å². The lowest BCUT2D eigenvalue weighted by molar-refractivity contribution is 0.1000. The molecule has 112 valence electrons. The first kappa shape index (κ1) is 16.5. The number of primary amides is 1. The molecule has 1 rings (SSSR count). The maximum absolute atomic E-state index is 13.6. The summed E-state index contributed by atoms with van der Waals surface area (Å²) in [5, 5.41) is 2.99. The molecule has 0 aliphatic carbocycles. The summed E-state index contributed by atoms with van der Waals surface area (Å²) >= 11 is 0. The molecule has 0 saturated carbocycles. The minimum Gasteiger partial charge on any atom is -0.366 e. The third-order valence-electron chi connectivity index (χ3n) is 2.55. The summed E-state index contributed by atoms with van der Waals surface area (Å²) in [7, 11) is -3.16. The molecule has 0 heterocycles. The van der Waals surface area contributed by atoms with Gasteiger partial charge in [-0.2, -0.15) is 0 Å². The number of carbonyl (C=O) groups excluding carboxylic acids is 1. The maximum atomic E-state index is 13.6. The van der Waals surface area contributed by atoms with Gasteiger partial charge in [-0.1, -0.05) is 6.07 Å². The number of rotatable bonds is 8. The van der Waals surface area contributed by atoms with Crippen LogP contribution in [0, 0.1) is 5.82 Å². The van der Waals surface area contributed by atoms with E-state index < -0.39 is 21.7 Å². The van der Waals surface area contributed by atoms with Crippen molar-refractivity contribution in [3.63, 3.8) is 0 Å². The molecule has 6 nitrogen and oxygen atoms in total. The summed E-state index contributed by atoms with van der Waals surface area (Å²) in [5.41, 5.74) is 5.60. The van der Waals surface area contributed by atoms with Crippen molar-refractivity contribution in [2.75, 3.05) is 19.3 Å². The largest absolute Gasteiger partial charge is 0.366 e. The molecule has 0 aliphatic heterocycles. The molecule has 8 heteroatoms. The number of sulfonamides is 1. The van der Waals surface area contributed by atoms with E-state index in [9.17, 15) is 17.6 Å². The van der Waals surface area contributed by atoms with Crippen LogP contribution in [0.15, 0.2) is 18.2 Å². The Balaban J connectivity index is 2.34. The Hall–Kier alpha value is -1.51. The number of hydrogen-bond donors (Lipinski definition) is 3. The molecule has 0 aromatic heterocycles. The zero-order chi connectivity index (χ0) is 15.2. The number of amides is 1. The summed E-state index contributed by atoms with van der Waals surface area (Å²) < 4.78 is 37.6. The smallest absolute Gasteiger partial charge is 0.248 e. The van der Waals surface area contributed by atoms with E-state index in [2.05, 4.69) is 10.0 Å². The Morgan fingerprint density at radius 2 is 2.05 bits per heavy atom. The predicted octanol–water partition coefficient (Wildman–Crippen LogP) is -0.0465. The van der Waals surface area contributed by atoms with Crippen LogP contribution < -0.4 is 15.8 Å². The SMILES string of the molecule is CS(=O)(=O)NCCCNCc1ccc(C(N)=O)cc1F. The Bertz CT molecular complexity index is 575. The van der Waals surface area contributed by atoms with Crippen molar-refractivity contribution in [1.82, 2.24) is 10.0 Å². The predicted molar refractivity (Wildman–Crippen MR) is 74.1 cm³/mol. The number of halogens is 1. The van der Waals surface area contributed by atoms with Crippen molar-refractivity contribution in [3.8, 4) is 0 Å². The van der Waals surface area contributed by atoms with Gasteiger partial charge in [0, 0.05) is 24.2 Å². The third kappa shape index (κ3) is 6.09. The highest BCUT2D eigenvalue weighted by Gasteiger charge is 2.06. The first-order valence-electron chi connectivity index (χ1n) is 6.03. The van der Waals surface area contributed by atoms with Crippen LogP contribution in [0.25, 0.3) is 0 Å². The minimum absolute atomic E-state index is 0.128. The van der Waals surface area contributed by atoms with E-state index in [-0.39, 0.29) is 5.56 Å². The number of benzene rings is 1. The molecule has 1 aromatic rings. The molecule has 0 saturated heterocycles. The Morgan fingerprint density at radius 3 is 2.60 bits per heavy atom. The molecule has 4 N–H and O–H groups in total. The molecule has 0 spiro atoms. The van der Waals surface area contributed by atoms with Gasteiger partial charge in [-0.15, -0.1) is 0 Å². The van der Waals surface area contributed by atoms with Crippen LogP contribution in [-0.4, -0.2) is 33.7 Å². The van der Waals surface area contributed by atoms with E-state index in [0.717, 1.165) is 12.3 Å². The fourth-order valence-corrected chi connectivity index (χ4v) is 2.05. The number of nitrogens with one attached hydrogen (secondary N) is 2. The first-order chi connectivity index (χ1) is 9.29. The molecule has 20 heavy (non-hydrogen) atoms. The third-order valence-corrected chi connectivity index (χ3v) is 3.28. The summed E-state index contributed by atoms with van der Waals surface area (Å²) in [5.74, 6) is -1.17. The number of carbonyl (C=O) groups is 1. The topological polar surface area (TPSA) is 101 Å². The summed E-state index contributed by atoms with van der Waals surface area (Å²) in [6.45, 7) is 1.16. The molecule has 0 aliphatic rings. The summed E-state index contributed by atoms with van der Waals surface area (Å²) in [4.78, 5) is 10.9. The van der Waals surface area contributed by atoms with Crippen LogP contribution in [0.5, 0.6) is 0 Å². The van der Waals surface area contributed by atoms with Gasteiger partial charge in [0.2, 0.25) is 15.9 Å². The molecule has 0 radical (unpaired) electrons. The first-order valence-corrected chi connectivity index (χ1v) is 7.92.